The van der Waals surface area contributed by atoms with Gasteiger partial charge in [-0.15, -0.1) is 0 Å². The first-order valence-corrected chi connectivity index (χ1v) is 8.09. The number of fused-ring (bicyclic) bond motifs is 2. The van der Waals surface area contributed by atoms with E-state index in [2.05, 4.69) is 42.6 Å². The number of alkyl carbamates (subject to hydrolysis) is 1. The number of unbranched alkanes of at least 4 members (excludes halogenated alkanes) is 1. The second-order valence-electron chi connectivity index (χ2n) is 5.65. The summed E-state index contributed by atoms with van der Waals surface area (Å²) in [6, 6.07) is 18.6. The third-order valence-corrected chi connectivity index (χ3v) is 4.03. The molecule has 3 nitrogen and oxygen atoms in total. The van der Waals surface area contributed by atoms with Gasteiger partial charge in [-0.05, 0) is 34.0 Å². The monoisotopic (exact) mass is 307 g/mol. The molecule has 0 saturated heterocycles. The maximum absolute atomic E-state index is 11.8. The first-order valence-electron chi connectivity index (χ1n) is 8.09. The number of rotatable bonds is 5. The molecule has 3 rings (SSSR count). The van der Waals surface area contributed by atoms with E-state index in [-0.39, 0.29) is 12.7 Å². The molecule has 0 aliphatic carbocycles. The molecule has 0 aromatic heterocycles. The van der Waals surface area contributed by atoms with Gasteiger partial charge in [0.1, 0.15) is 6.61 Å². The summed E-state index contributed by atoms with van der Waals surface area (Å²) in [4.78, 5) is 11.8. The minimum absolute atomic E-state index is 0.278. The van der Waals surface area contributed by atoms with Crippen molar-refractivity contribution in [1.29, 1.82) is 0 Å². The van der Waals surface area contributed by atoms with Crippen molar-refractivity contribution in [1.82, 2.24) is 5.32 Å². The fraction of sp³-hybridized carbons (Fsp3) is 0.250. The van der Waals surface area contributed by atoms with Crippen LogP contribution in [0.1, 0.15) is 25.3 Å². The Labute approximate surface area is 136 Å². The van der Waals surface area contributed by atoms with Crippen LogP contribution >= 0.6 is 0 Å². The molecule has 0 unspecified atom stereocenters. The highest BCUT2D eigenvalue weighted by Crippen LogP contribution is 2.28. The molecule has 0 saturated carbocycles. The van der Waals surface area contributed by atoms with Crippen molar-refractivity contribution in [2.75, 3.05) is 6.54 Å². The van der Waals surface area contributed by atoms with Crippen LogP contribution in [0.3, 0.4) is 0 Å². The zero-order valence-electron chi connectivity index (χ0n) is 13.3. The Morgan fingerprint density at radius 1 is 1.00 bits per heavy atom. The third kappa shape index (κ3) is 3.45. The van der Waals surface area contributed by atoms with Gasteiger partial charge < -0.3 is 10.1 Å². The molecule has 0 heterocycles. The molecule has 0 bridgehead atoms. The van der Waals surface area contributed by atoms with Crippen molar-refractivity contribution in [3.63, 3.8) is 0 Å². The normalized spacial score (nSPS) is 10.8. The van der Waals surface area contributed by atoms with Crippen molar-refractivity contribution < 1.29 is 9.53 Å². The van der Waals surface area contributed by atoms with Gasteiger partial charge in [-0.3, -0.25) is 0 Å². The predicted octanol–water partition coefficient (Wildman–Crippen LogP) is 5.02. The maximum Gasteiger partial charge on any atom is 0.407 e. The molecule has 1 N–H and O–H groups in total. The van der Waals surface area contributed by atoms with Crippen LogP contribution in [0.2, 0.25) is 0 Å². The molecule has 0 aliphatic rings. The topological polar surface area (TPSA) is 38.3 Å². The van der Waals surface area contributed by atoms with Crippen molar-refractivity contribution in [2.24, 2.45) is 0 Å². The van der Waals surface area contributed by atoms with Crippen LogP contribution < -0.4 is 5.32 Å². The van der Waals surface area contributed by atoms with Gasteiger partial charge in [-0.1, -0.05) is 61.9 Å². The van der Waals surface area contributed by atoms with E-state index in [0.29, 0.717) is 6.54 Å². The number of hydrogen-bond donors (Lipinski definition) is 1. The Bertz CT molecular complexity index is 772. The molecule has 118 valence electrons. The molecule has 1 amide bonds. The molecule has 23 heavy (non-hydrogen) atoms. The van der Waals surface area contributed by atoms with Gasteiger partial charge >= 0.3 is 6.09 Å². The number of amides is 1. The van der Waals surface area contributed by atoms with Gasteiger partial charge in [0, 0.05) is 12.1 Å². The lowest BCUT2D eigenvalue weighted by Crippen LogP contribution is -2.25. The van der Waals surface area contributed by atoms with E-state index in [9.17, 15) is 4.79 Å². The number of hydrogen-bond acceptors (Lipinski definition) is 2. The zero-order valence-corrected chi connectivity index (χ0v) is 13.3. The maximum atomic E-state index is 11.8. The van der Waals surface area contributed by atoms with E-state index in [4.69, 9.17) is 4.74 Å². The highest BCUT2D eigenvalue weighted by molar-refractivity contribution is 6.02. The van der Waals surface area contributed by atoms with Gasteiger partial charge in [-0.25, -0.2) is 4.79 Å². The number of carbonyl (C=O) groups is 1. The third-order valence-electron chi connectivity index (χ3n) is 4.03. The predicted molar refractivity (Wildman–Crippen MR) is 94.5 cm³/mol. The number of ether oxygens (including phenoxy) is 1. The van der Waals surface area contributed by atoms with E-state index < -0.39 is 0 Å². The van der Waals surface area contributed by atoms with Crippen LogP contribution in [0, 0.1) is 0 Å². The Balaban J connectivity index is 1.89. The lowest BCUT2D eigenvalue weighted by molar-refractivity contribution is 0.140. The molecular formula is C20H21NO2. The average molecular weight is 307 g/mol. The summed E-state index contributed by atoms with van der Waals surface area (Å²) in [6.07, 6.45) is 1.66. The van der Waals surface area contributed by atoms with E-state index in [1.807, 2.05) is 24.3 Å². The SMILES string of the molecule is CCCCNC(=O)OCc1c2ccccc2cc2ccccc12. The van der Waals surface area contributed by atoms with Crippen LogP contribution in [0.5, 0.6) is 0 Å². The number of carbonyl (C=O) groups excluding carboxylic acids is 1. The summed E-state index contributed by atoms with van der Waals surface area (Å²) >= 11 is 0. The Morgan fingerprint density at radius 3 is 2.22 bits per heavy atom. The van der Waals surface area contributed by atoms with Crippen LogP contribution in [0.4, 0.5) is 4.79 Å². The molecule has 0 spiro atoms. The smallest absolute Gasteiger partial charge is 0.407 e. The number of benzene rings is 3. The van der Waals surface area contributed by atoms with E-state index in [1.165, 1.54) is 0 Å². The summed E-state index contributed by atoms with van der Waals surface area (Å²) in [6.45, 7) is 3.03. The highest BCUT2D eigenvalue weighted by Gasteiger charge is 2.09. The summed E-state index contributed by atoms with van der Waals surface area (Å²) in [5, 5.41) is 7.38. The van der Waals surface area contributed by atoms with E-state index >= 15 is 0 Å². The van der Waals surface area contributed by atoms with Gasteiger partial charge in [-0.2, -0.15) is 0 Å². The molecule has 3 aromatic rings. The first kappa shape index (κ1) is 15.3. The molecular weight excluding hydrogens is 286 g/mol. The minimum Gasteiger partial charge on any atom is -0.445 e. The second kappa shape index (κ2) is 7.14. The molecule has 0 fully saturated rings. The number of nitrogens with one attached hydrogen (secondary N) is 1. The van der Waals surface area contributed by atoms with Gasteiger partial charge in [0.05, 0.1) is 0 Å². The van der Waals surface area contributed by atoms with Crippen molar-refractivity contribution in [3.05, 3.63) is 60.2 Å². The van der Waals surface area contributed by atoms with Gasteiger partial charge in [0.25, 0.3) is 0 Å². The van der Waals surface area contributed by atoms with Crippen molar-refractivity contribution in [3.8, 4) is 0 Å². The van der Waals surface area contributed by atoms with E-state index in [0.717, 1.165) is 39.9 Å². The van der Waals surface area contributed by atoms with Crippen LogP contribution in [0.25, 0.3) is 21.5 Å². The molecule has 3 aromatic carbocycles. The first-order chi connectivity index (χ1) is 11.3. The summed E-state index contributed by atoms with van der Waals surface area (Å²) in [7, 11) is 0. The fourth-order valence-corrected chi connectivity index (χ4v) is 2.82. The lowest BCUT2D eigenvalue weighted by Gasteiger charge is -2.12. The quantitative estimate of drug-likeness (QED) is 0.531. The fourth-order valence-electron chi connectivity index (χ4n) is 2.82. The van der Waals surface area contributed by atoms with E-state index in [1.54, 1.807) is 0 Å². The standard InChI is InChI=1S/C20H21NO2/c1-2-3-12-21-20(22)23-14-19-17-10-6-4-8-15(17)13-16-9-5-7-11-18(16)19/h4-11,13H,2-3,12,14H2,1H3,(H,21,22). The minimum atomic E-state index is -0.351. The lowest BCUT2D eigenvalue weighted by atomic mass is 9.97. The van der Waals surface area contributed by atoms with Crippen LogP contribution in [0.15, 0.2) is 54.6 Å². The van der Waals surface area contributed by atoms with Crippen molar-refractivity contribution >= 4 is 27.6 Å². The summed E-state index contributed by atoms with van der Waals surface area (Å²) < 4.78 is 5.44. The average Bonchev–Trinajstić information content (AvgIpc) is 2.59. The Hall–Kier alpha value is -2.55. The Morgan fingerprint density at radius 2 is 1.61 bits per heavy atom. The van der Waals surface area contributed by atoms with Gasteiger partial charge in [0.2, 0.25) is 0 Å². The highest BCUT2D eigenvalue weighted by atomic mass is 16.5. The van der Waals surface area contributed by atoms with Crippen molar-refractivity contribution in [2.45, 2.75) is 26.4 Å². The largest absolute Gasteiger partial charge is 0.445 e. The molecule has 0 atom stereocenters. The molecule has 0 aliphatic heterocycles. The van der Waals surface area contributed by atoms with Crippen LogP contribution in [-0.2, 0) is 11.3 Å². The van der Waals surface area contributed by atoms with Gasteiger partial charge in [0.15, 0.2) is 0 Å². The zero-order chi connectivity index (χ0) is 16.1. The second-order valence-corrected chi connectivity index (χ2v) is 5.65. The van der Waals surface area contributed by atoms with Crippen LogP contribution in [-0.4, -0.2) is 12.6 Å². The Kier molecular flexibility index (Phi) is 4.77. The summed E-state index contributed by atoms with van der Waals surface area (Å²) in [5.41, 5.74) is 1.06. The molecule has 3 heteroatoms. The molecule has 0 radical (unpaired) electrons. The summed E-state index contributed by atoms with van der Waals surface area (Å²) in [5.74, 6) is 0.